The summed E-state index contributed by atoms with van der Waals surface area (Å²) >= 11 is 0. The summed E-state index contributed by atoms with van der Waals surface area (Å²) in [6.07, 6.45) is 2.04. The number of carbonyl (C=O) groups excluding carboxylic acids is 1. The number of esters is 1. The fourth-order valence-electron chi connectivity index (χ4n) is 1.80. The summed E-state index contributed by atoms with van der Waals surface area (Å²) in [6.45, 7) is 1.66. The van der Waals surface area contributed by atoms with Crippen LogP contribution >= 0.6 is 0 Å². The fraction of sp³-hybridized carbons (Fsp3) is 0.500. The Morgan fingerprint density at radius 1 is 1.22 bits per heavy atom. The van der Waals surface area contributed by atoms with Gasteiger partial charge in [-0.05, 0) is 25.0 Å². The van der Waals surface area contributed by atoms with Gasteiger partial charge in [-0.25, -0.2) is 4.79 Å². The minimum atomic E-state index is -0.297. The number of carbonyl (C=O) groups is 1. The second-order valence-corrected chi connectivity index (χ2v) is 4.13. The first-order valence-electron chi connectivity index (χ1n) is 6.08. The predicted octanol–water partition coefficient (Wildman–Crippen LogP) is 2.34. The average molecular weight is 251 g/mol. The summed E-state index contributed by atoms with van der Waals surface area (Å²) in [5.74, 6) is -0.297. The minimum Gasteiger partial charge on any atom is -0.465 e. The number of hydrogen-bond donors (Lipinski definition) is 0. The quantitative estimate of drug-likeness (QED) is 0.551. The second kappa shape index (κ2) is 7.71. The van der Waals surface area contributed by atoms with E-state index in [1.807, 2.05) is 25.2 Å². The molecule has 0 unspecified atom stereocenters. The molecule has 0 spiro atoms. The van der Waals surface area contributed by atoms with E-state index in [0.29, 0.717) is 5.56 Å². The van der Waals surface area contributed by atoms with Crippen molar-refractivity contribution >= 4 is 11.7 Å². The highest BCUT2D eigenvalue weighted by Crippen LogP contribution is 2.20. The second-order valence-electron chi connectivity index (χ2n) is 4.13. The lowest BCUT2D eigenvalue weighted by Gasteiger charge is -2.21. The summed E-state index contributed by atoms with van der Waals surface area (Å²) in [5, 5.41) is 0. The van der Waals surface area contributed by atoms with Gasteiger partial charge in [-0.15, -0.1) is 0 Å². The number of anilines is 1. The summed E-state index contributed by atoms with van der Waals surface area (Å²) in [5.41, 5.74) is 1.51. The van der Waals surface area contributed by atoms with Gasteiger partial charge in [0.05, 0.1) is 18.4 Å². The third kappa shape index (κ3) is 4.04. The Labute approximate surface area is 108 Å². The predicted molar refractivity (Wildman–Crippen MR) is 72.2 cm³/mol. The Hall–Kier alpha value is -1.55. The molecule has 0 atom stereocenters. The highest BCUT2D eigenvalue weighted by Gasteiger charge is 2.13. The molecule has 0 amide bonds. The molecule has 0 aliphatic carbocycles. The Kier molecular flexibility index (Phi) is 6.22. The molecule has 0 fully saturated rings. The number of nitrogens with zero attached hydrogens (tertiary/aromatic N) is 1. The van der Waals surface area contributed by atoms with Crippen molar-refractivity contribution in [2.75, 3.05) is 39.3 Å². The van der Waals surface area contributed by atoms with Gasteiger partial charge in [-0.3, -0.25) is 0 Å². The number of rotatable bonds is 7. The molecule has 0 saturated heterocycles. The van der Waals surface area contributed by atoms with Crippen molar-refractivity contribution in [3.05, 3.63) is 29.8 Å². The SMILES string of the molecule is COCCCCN(C)c1ccccc1C(=O)OC. The van der Waals surface area contributed by atoms with Crippen molar-refractivity contribution in [1.82, 2.24) is 0 Å². The zero-order valence-electron chi connectivity index (χ0n) is 11.3. The molecule has 0 heterocycles. The van der Waals surface area contributed by atoms with Gasteiger partial charge >= 0.3 is 5.97 Å². The van der Waals surface area contributed by atoms with Crippen LogP contribution in [0.2, 0.25) is 0 Å². The number of unbranched alkanes of at least 4 members (excludes halogenated alkanes) is 1. The lowest BCUT2D eigenvalue weighted by Crippen LogP contribution is -2.21. The van der Waals surface area contributed by atoms with Crippen LogP contribution in [0.25, 0.3) is 0 Å². The van der Waals surface area contributed by atoms with Crippen LogP contribution in [0.5, 0.6) is 0 Å². The zero-order chi connectivity index (χ0) is 13.4. The molecule has 0 aliphatic heterocycles. The first-order chi connectivity index (χ1) is 8.70. The van der Waals surface area contributed by atoms with Crippen LogP contribution in [0.4, 0.5) is 5.69 Å². The molecule has 0 aromatic heterocycles. The van der Waals surface area contributed by atoms with Crippen LogP contribution < -0.4 is 4.90 Å². The molecule has 1 aromatic rings. The number of hydrogen-bond acceptors (Lipinski definition) is 4. The summed E-state index contributed by atoms with van der Waals surface area (Å²) in [7, 11) is 5.09. The molecule has 18 heavy (non-hydrogen) atoms. The molecule has 0 radical (unpaired) electrons. The van der Waals surface area contributed by atoms with E-state index < -0.39 is 0 Å². The van der Waals surface area contributed by atoms with Gasteiger partial charge in [0, 0.05) is 27.3 Å². The normalized spacial score (nSPS) is 10.2. The van der Waals surface area contributed by atoms with E-state index in [9.17, 15) is 4.79 Å². The van der Waals surface area contributed by atoms with E-state index >= 15 is 0 Å². The Bertz CT molecular complexity index is 379. The molecular weight excluding hydrogens is 230 g/mol. The number of methoxy groups -OCH3 is 2. The first kappa shape index (κ1) is 14.5. The smallest absolute Gasteiger partial charge is 0.339 e. The van der Waals surface area contributed by atoms with Crippen LogP contribution in [-0.4, -0.2) is 40.4 Å². The number of para-hydroxylation sites is 1. The van der Waals surface area contributed by atoms with E-state index in [-0.39, 0.29) is 5.97 Å². The summed E-state index contributed by atoms with van der Waals surface area (Å²) in [6, 6.07) is 7.48. The third-order valence-corrected chi connectivity index (χ3v) is 2.81. The molecule has 0 aliphatic rings. The Morgan fingerprint density at radius 2 is 1.94 bits per heavy atom. The molecule has 1 aromatic carbocycles. The van der Waals surface area contributed by atoms with Crippen molar-refractivity contribution in [3.63, 3.8) is 0 Å². The van der Waals surface area contributed by atoms with Crippen LogP contribution in [-0.2, 0) is 9.47 Å². The number of benzene rings is 1. The molecule has 100 valence electrons. The first-order valence-corrected chi connectivity index (χ1v) is 6.08. The van der Waals surface area contributed by atoms with Gasteiger partial charge in [0.1, 0.15) is 0 Å². The lowest BCUT2D eigenvalue weighted by molar-refractivity contribution is 0.0601. The van der Waals surface area contributed by atoms with E-state index in [1.165, 1.54) is 7.11 Å². The summed E-state index contributed by atoms with van der Waals surface area (Å²) in [4.78, 5) is 13.7. The van der Waals surface area contributed by atoms with Crippen LogP contribution in [0, 0.1) is 0 Å². The van der Waals surface area contributed by atoms with Crippen molar-refractivity contribution in [2.24, 2.45) is 0 Å². The van der Waals surface area contributed by atoms with E-state index in [0.717, 1.165) is 31.7 Å². The highest BCUT2D eigenvalue weighted by atomic mass is 16.5. The maximum absolute atomic E-state index is 11.6. The molecule has 4 nitrogen and oxygen atoms in total. The third-order valence-electron chi connectivity index (χ3n) is 2.81. The molecule has 0 saturated carbocycles. The largest absolute Gasteiger partial charge is 0.465 e. The average Bonchev–Trinajstić information content (AvgIpc) is 2.42. The van der Waals surface area contributed by atoms with Crippen molar-refractivity contribution in [1.29, 1.82) is 0 Å². The molecule has 0 bridgehead atoms. The summed E-state index contributed by atoms with van der Waals surface area (Å²) < 4.78 is 9.80. The monoisotopic (exact) mass is 251 g/mol. The van der Waals surface area contributed by atoms with Crippen LogP contribution in [0.3, 0.4) is 0 Å². The lowest BCUT2D eigenvalue weighted by atomic mass is 10.1. The maximum atomic E-state index is 11.6. The van der Waals surface area contributed by atoms with Crippen molar-refractivity contribution in [3.8, 4) is 0 Å². The number of ether oxygens (including phenoxy) is 2. The van der Waals surface area contributed by atoms with Gasteiger partial charge in [0.15, 0.2) is 0 Å². The molecule has 4 heteroatoms. The highest BCUT2D eigenvalue weighted by molar-refractivity contribution is 5.95. The minimum absolute atomic E-state index is 0.297. The van der Waals surface area contributed by atoms with E-state index in [2.05, 4.69) is 4.90 Å². The fourth-order valence-corrected chi connectivity index (χ4v) is 1.80. The molecule has 0 N–H and O–H groups in total. The van der Waals surface area contributed by atoms with Gasteiger partial charge < -0.3 is 14.4 Å². The maximum Gasteiger partial charge on any atom is 0.339 e. The van der Waals surface area contributed by atoms with E-state index in [1.54, 1.807) is 13.2 Å². The van der Waals surface area contributed by atoms with Gasteiger partial charge in [0.2, 0.25) is 0 Å². The standard InChI is InChI=1S/C14H21NO3/c1-15(10-6-7-11-17-2)13-9-5-4-8-12(13)14(16)18-3/h4-5,8-9H,6-7,10-11H2,1-3H3. The zero-order valence-corrected chi connectivity index (χ0v) is 11.3. The Morgan fingerprint density at radius 3 is 2.61 bits per heavy atom. The van der Waals surface area contributed by atoms with E-state index in [4.69, 9.17) is 9.47 Å². The topological polar surface area (TPSA) is 38.8 Å². The van der Waals surface area contributed by atoms with Crippen molar-refractivity contribution in [2.45, 2.75) is 12.8 Å². The van der Waals surface area contributed by atoms with Gasteiger partial charge in [-0.2, -0.15) is 0 Å². The van der Waals surface area contributed by atoms with Crippen LogP contribution in [0.15, 0.2) is 24.3 Å². The van der Waals surface area contributed by atoms with Gasteiger partial charge in [0.25, 0.3) is 0 Å². The Balaban J connectivity index is 2.66. The van der Waals surface area contributed by atoms with Gasteiger partial charge in [-0.1, -0.05) is 12.1 Å². The van der Waals surface area contributed by atoms with Crippen molar-refractivity contribution < 1.29 is 14.3 Å². The molecule has 1 rings (SSSR count). The molecular formula is C14H21NO3. The van der Waals surface area contributed by atoms with Crippen LogP contribution in [0.1, 0.15) is 23.2 Å².